The third-order valence-corrected chi connectivity index (χ3v) is 3.69. The monoisotopic (exact) mass is 285 g/mol. The van der Waals surface area contributed by atoms with Crippen molar-refractivity contribution in [2.45, 2.75) is 25.3 Å². The van der Waals surface area contributed by atoms with E-state index in [-0.39, 0.29) is 5.56 Å². The molecule has 0 aliphatic heterocycles. The van der Waals surface area contributed by atoms with Crippen LogP contribution in [0.15, 0.2) is 42.5 Å². The molecule has 2 aromatic carbocycles. The first-order valence-electron chi connectivity index (χ1n) is 6.99. The van der Waals surface area contributed by atoms with Crippen molar-refractivity contribution < 1.29 is 14.3 Å². The van der Waals surface area contributed by atoms with Crippen LogP contribution >= 0.6 is 0 Å². The number of halogens is 1. The molecule has 3 nitrogen and oxygen atoms in total. The molecule has 0 atom stereocenters. The molecular formula is C17H16FNO2. The maximum Gasteiger partial charge on any atom is 0.338 e. The zero-order valence-corrected chi connectivity index (χ0v) is 11.5. The van der Waals surface area contributed by atoms with Gasteiger partial charge in [-0.2, -0.15) is 0 Å². The van der Waals surface area contributed by atoms with Gasteiger partial charge in [-0.1, -0.05) is 24.3 Å². The van der Waals surface area contributed by atoms with E-state index < -0.39 is 11.8 Å². The molecule has 1 saturated carbocycles. The molecular weight excluding hydrogens is 269 g/mol. The molecule has 0 saturated heterocycles. The lowest BCUT2D eigenvalue weighted by Gasteiger charge is -2.09. The van der Waals surface area contributed by atoms with Crippen LogP contribution in [0.5, 0.6) is 0 Å². The average Bonchev–Trinajstić information content (AvgIpc) is 3.31. The van der Waals surface area contributed by atoms with Gasteiger partial charge in [-0.05, 0) is 48.1 Å². The first kappa shape index (κ1) is 13.6. The Hall–Kier alpha value is -2.36. The van der Waals surface area contributed by atoms with Gasteiger partial charge < -0.3 is 10.4 Å². The number of hydrogen-bond donors (Lipinski definition) is 2. The summed E-state index contributed by atoms with van der Waals surface area (Å²) < 4.78 is 13.3. The molecule has 21 heavy (non-hydrogen) atoms. The Morgan fingerprint density at radius 2 is 2.05 bits per heavy atom. The Labute approximate surface area is 122 Å². The average molecular weight is 285 g/mol. The lowest BCUT2D eigenvalue weighted by molar-refractivity contribution is 0.0692. The van der Waals surface area contributed by atoms with Crippen molar-refractivity contribution in [2.24, 2.45) is 0 Å². The number of carbonyl (C=O) groups is 1. The van der Waals surface area contributed by atoms with Gasteiger partial charge in [0.1, 0.15) is 5.82 Å². The molecule has 108 valence electrons. The van der Waals surface area contributed by atoms with Crippen LogP contribution in [0.25, 0.3) is 0 Å². The van der Waals surface area contributed by atoms with E-state index in [2.05, 4.69) is 17.4 Å². The lowest BCUT2D eigenvalue weighted by atomic mass is 10.1. The summed E-state index contributed by atoms with van der Waals surface area (Å²) in [6.45, 7) is 0.589. The maximum atomic E-state index is 13.3. The molecule has 1 fully saturated rings. The zero-order valence-electron chi connectivity index (χ0n) is 11.5. The summed E-state index contributed by atoms with van der Waals surface area (Å²) in [6, 6.07) is 12.4. The lowest BCUT2D eigenvalue weighted by Crippen LogP contribution is -2.04. The predicted molar refractivity (Wildman–Crippen MR) is 79.1 cm³/mol. The number of anilines is 1. The molecule has 0 radical (unpaired) electrons. The van der Waals surface area contributed by atoms with Crippen LogP contribution in [0.1, 0.15) is 40.2 Å². The van der Waals surface area contributed by atoms with Gasteiger partial charge >= 0.3 is 5.97 Å². The first-order chi connectivity index (χ1) is 10.1. The molecule has 2 N–H and O–H groups in total. The number of carboxylic acid groups (broad SMARTS) is 1. The van der Waals surface area contributed by atoms with Crippen molar-refractivity contribution in [3.8, 4) is 0 Å². The van der Waals surface area contributed by atoms with Crippen molar-refractivity contribution in [1.82, 2.24) is 0 Å². The van der Waals surface area contributed by atoms with Crippen LogP contribution < -0.4 is 5.32 Å². The van der Waals surface area contributed by atoms with Gasteiger partial charge in [-0.3, -0.25) is 0 Å². The molecule has 0 bridgehead atoms. The summed E-state index contributed by atoms with van der Waals surface area (Å²) in [7, 11) is 0. The molecule has 0 spiro atoms. The Bertz CT molecular complexity index is 680. The molecule has 1 aliphatic carbocycles. The largest absolute Gasteiger partial charge is 0.478 e. The van der Waals surface area contributed by atoms with Crippen molar-refractivity contribution >= 4 is 11.7 Å². The van der Waals surface area contributed by atoms with E-state index in [1.54, 1.807) is 6.07 Å². The number of benzene rings is 2. The highest BCUT2D eigenvalue weighted by atomic mass is 19.1. The zero-order chi connectivity index (χ0) is 14.8. The van der Waals surface area contributed by atoms with E-state index in [0.29, 0.717) is 18.2 Å². The van der Waals surface area contributed by atoms with Gasteiger partial charge in [-0.25, -0.2) is 9.18 Å². The van der Waals surface area contributed by atoms with Gasteiger partial charge in [0.2, 0.25) is 0 Å². The Morgan fingerprint density at radius 3 is 2.76 bits per heavy atom. The topological polar surface area (TPSA) is 49.3 Å². The SMILES string of the molecule is O=C(O)c1cc(NCc2cccc(C3CC3)c2)ccc1F. The summed E-state index contributed by atoms with van der Waals surface area (Å²) in [5, 5.41) is 12.1. The Balaban J connectivity index is 1.71. The Kier molecular flexibility index (Phi) is 3.60. The van der Waals surface area contributed by atoms with Crippen molar-refractivity contribution in [2.75, 3.05) is 5.32 Å². The molecule has 0 amide bonds. The summed E-state index contributed by atoms with van der Waals surface area (Å²) in [5.41, 5.74) is 2.79. The minimum absolute atomic E-state index is 0.313. The highest BCUT2D eigenvalue weighted by Crippen LogP contribution is 2.40. The van der Waals surface area contributed by atoms with E-state index in [9.17, 15) is 9.18 Å². The van der Waals surface area contributed by atoms with Crippen LogP contribution in [-0.2, 0) is 6.54 Å². The second kappa shape index (κ2) is 5.56. The Morgan fingerprint density at radius 1 is 1.24 bits per heavy atom. The van der Waals surface area contributed by atoms with Gasteiger partial charge in [0.05, 0.1) is 5.56 Å². The first-order valence-corrected chi connectivity index (χ1v) is 6.99. The fourth-order valence-electron chi connectivity index (χ4n) is 2.38. The van der Waals surface area contributed by atoms with E-state index in [1.165, 1.54) is 30.5 Å². The summed E-state index contributed by atoms with van der Waals surface area (Å²) in [5.74, 6) is -1.27. The maximum absolute atomic E-state index is 13.3. The number of carboxylic acids is 1. The standard InChI is InChI=1S/C17H16FNO2/c18-16-7-6-14(9-15(16)17(20)21)19-10-11-2-1-3-13(8-11)12-4-5-12/h1-3,6-9,12,19H,4-5,10H2,(H,20,21). The third-order valence-electron chi connectivity index (χ3n) is 3.69. The summed E-state index contributed by atoms with van der Waals surface area (Å²) in [6.07, 6.45) is 2.52. The number of aromatic carboxylic acids is 1. The third kappa shape index (κ3) is 3.21. The molecule has 3 rings (SSSR count). The number of hydrogen-bond acceptors (Lipinski definition) is 2. The highest BCUT2D eigenvalue weighted by Gasteiger charge is 2.23. The van der Waals surface area contributed by atoms with Crippen LogP contribution in [0, 0.1) is 5.82 Å². The quantitative estimate of drug-likeness (QED) is 0.872. The van der Waals surface area contributed by atoms with Gasteiger partial charge in [0.15, 0.2) is 0 Å². The number of nitrogens with one attached hydrogen (secondary N) is 1. The fourth-order valence-corrected chi connectivity index (χ4v) is 2.38. The van der Waals surface area contributed by atoms with E-state index in [4.69, 9.17) is 5.11 Å². The van der Waals surface area contributed by atoms with E-state index in [1.807, 2.05) is 12.1 Å². The normalized spacial score (nSPS) is 14.0. The van der Waals surface area contributed by atoms with Crippen LogP contribution in [0.3, 0.4) is 0 Å². The van der Waals surface area contributed by atoms with E-state index in [0.717, 1.165) is 5.56 Å². The van der Waals surface area contributed by atoms with E-state index >= 15 is 0 Å². The summed E-state index contributed by atoms with van der Waals surface area (Å²) >= 11 is 0. The molecule has 0 unspecified atom stereocenters. The van der Waals surface area contributed by atoms with Crippen LogP contribution in [0.4, 0.5) is 10.1 Å². The van der Waals surface area contributed by atoms with Gasteiger partial charge in [0.25, 0.3) is 0 Å². The molecule has 0 heterocycles. The summed E-state index contributed by atoms with van der Waals surface area (Å²) in [4.78, 5) is 10.9. The van der Waals surface area contributed by atoms with Gasteiger partial charge in [-0.15, -0.1) is 0 Å². The minimum atomic E-state index is -1.26. The molecule has 0 aromatic heterocycles. The second-order valence-corrected chi connectivity index (χ2v) is 5.37. The number of rotatable bonds is 5. The second-order valence-electron chi connectivity index (χ2n) is 5.37. The van der Waals surface area contributed by atoms with Crippen molar-refractivity contribution in [3.63, 3.8) is 0 Å². The van der Waals surface area contributed by atoms with Crippen LogP contribution in [-0.4, -0.2) is 11.1 Å². The molecule has 4 heteroatoms. The highest BCUT2D eigenvalue weighted by molar-refractivity contribution is 5.89. The molecule has 1 aliphatic rings. The fraction of sp³-hybridized carbons (Fsp3) is 0.235. The predicted octanol–water partition coefficient (Wildman–Crippen LogP) is 4.01. The molecule has 2 aromatic rings. The smallest absolute Gasteiger partial charge is 0.338 e. The van der Waals surface area contributed by atoms with Crippen LogP contribution in [0.2, 0.25) is 0 Å². The minimum Gasteiger partial charge on any atom is -0.478 e. The van der Waals surface area contributed by atoms with Crippen molar-refractivity contribution in [3.05, 3.63) is 65.0 Å². The van der Waals surface area contributed by atoms with Gasteiger partial charge in [0, 0.05) is 12.2 Å². The van der Waals surface area contributed by atoms with Crippen molar-refractivity contribution in [1.29, 1.82) is 0 Å².